The normalized spacial score (nSPS) is 10.2. The SMILES string of the molecule is CCCCCC(=O)N(CC[O])c1ccccc1. The van der Waals surface area contributed by atoms with Crippen LogP contribution < -0.4 is 4.90 Å². The van der Waals surface area contributed by atoms with Gasteiger partial charge in [-0.2, -0.15) is 0 Å². The van der Waals surface area contributed by atoms with Crippen molar-refractivity contribution in [2.45, 2.75) is 32.6 Å². The Kier molecular flexibility index (Phi) is 6.33. The maximum Gasteiger partial charge on any atom is 0.227 e. The van der Waals surface area contributed by atoms with Gasteiger partial charge in [0.25, 0.3) is 0 Å². The van der Waals surface area contributed by atoms with Crippen LogP contribution >= 0.6 is 0 Å². The van der Waals surface area contributed by atoms with Crippen molar-refractivity contribution in [1.29, 1.82) is 0 Å². The minimum atomic E-state index is -0.256. The van der Waals surface area contributed by atoms with Crippen LogP contribution in [0.15, 0.2) is 30.3 Å². The topological polar surface area (TPSA) is 40.2 Å². The van der Waals surface area contributed by atoms with E-state index < -0.39 is 0 Å². The first kappa shape index (κ1) is 13.7. The third-order valence-electron chi connectivity index (χ3n) is 2.68. The molecule has 1 aromatic carbocycles. The van der Waals surface area contributed by atoms with Crippen LogP contribution in [-0.4, -0.2) is 19.1 Å². The Balaban J connectivity index is 2.62. The smallest absolute Gasteiger partial charge is 0.227 e. The Morgan fingerprint density at radius 2 is 1.88 bits per heavy atom. The van der Waals surface area contributed by atoms with E-state index in [0.717, 1.165) is 24.9 Å². The molecule has 1 rings (SSSR count). The number of rotatable bonds is 7. The van der Waals surface area contributed by atoms with Gasteiger partial charge in [-0.3, -0.25) is 4.79 Å². The zero-order valence-electron chi connectivity index (χ0n) is 10.4. The van der Waals surface area contributed by atoms with E-state index >= 15 is 0 Å². The highest BCUT2D eigenvalue weighted by Gasteiger charge is 2.14. The maximum absolute atomic E-state index is 12.0. The summed E-state index contributed by atoms with van der Waals surface area (Å²) < 4.78 is 0. The van der Waals surface area contributed by atoms with Gasteiger partial charge in [-0.25, -0.2) is 5.11 Å². The molecule has 0 bridgehead atoms. The van der Waals surface area contributed by atoms with E-state index in [1.54, 1.807) is 4.90 Å². The highest BCUT2D eigenvalue weighted by atomic mass is 16.3. The number of unbranched alkanes of at least 4 members (excludes halogenated alkanes) is 2. The lowest BCUT2D eigenvalue weighted by molar-refractivity contribution is -0.118. The first-order chi connectivity index (χ1) is 8.29. The molecule has 0 aliphatic carbocycles. The molecule has 1 aromatic rings. The van der Waals surface area contributed by atoms with E-state index in [1.165, 1.54) is 0 Å². The number of para-hydroxylation sites is 1. The van der Waals surface area contributed by atoms with E-state index in [0.29, 0.717) is 6.42 Å². The number of amides is 1. The third-order valence-corrected chi connectivity index (χ3v) is 2.68. The number of nitrogens with zero attached hydrogens (tertiary/aromatic N) is 1. The summed E-state index contributed by atoms with van der Waals surface area (Å²) in [5.74, 6) is 0.0560. The summed E-state index contributed by atoms with van der Waals surface area (Å²) in [5, 5.41) is 10.8. The second-order valence-corrected chi connectivity index (χ2v) is 4.04. The number of benzene rings is 1. The minimum Gasteiger partial charge on any atom is -0.310 e. The van der Waals surface area contributed by atoms with E-state index in [4.69, 9.17) is 0 Å². The molecule has 0 N–H and O–H groups in total. The molecule has 0 atom stereocenters. The average Bonchev–Trinajstić information content (AvgIpc) is 2.37. The molecule has 3 heteroatoms. The van der Waals surface area contributed by atoms with Gasteiger partial charge in [-0.1, -0.05) is 38.0 Å². The van der Waals surface area contributed by atoms with Gasteiger partial charge in [0.1, 0.15) is 6.61 Å². The molecule has 3 nitrogen and oxygen atoms in total. The van der Waals surface area contributed by atoms with Gasteiger partial charge >= 0.3 is 0 Å². The average molecular weight is 234 g/mol. The molecule has 0 aliphatic rings. The van der Waals surface area contributed by atoms with Crippen molar-refractivity contribution < 1.29 is 9.90 Å². The second-order valence-electron chi connectivity index (χ2n) is 4.04. The maximum atomic E-state index is 12.0. The molecule has 0 saturated heterocycles. The van der Waals surface area contributed by atoms with Crippen LogP contribution in [0.2, 0.25) is 0 Å². The Bertz CT molecular complexity index is 324. The largest absolute Gasteiger partial charge is 0.310 e. The summed E-state index contributed by atoms with van der Waals surface area (Å²) in [6, 6.07) is 9.40. The van der Waals surface area contributed by atoms with Crippen molar-refractivity contribution in [2.24, 2.45) is 0 Å². The monoisotopic (exact) mass is 234 g/mol. The molecular formula is C14H20NO2. The van der Waals surface area contributed by atoms with Crippen molar-refractivity contribution in [1.82, 2.24) is 0 Å². The number of carbonyl (C=O) groups excluding carboxylic acids is 1. The van der Waals surface area contributed by atoms with Crippen LogP contribution in [0.3, 0.4) is 0 Å². The molecule has 0 fully saturated rings. The van der Waals surface area contributed by atoms with Gasteiger partial charge in [0.05, 0.1) is 6.54 Å². The van der Waals surface area contributed by atoms with E-state index in [-0.39, 0.29) is 19.1 Å². The summed E-state index contributed by atoms with van der Waals surface area (Å²) in [4.78, 5) is 13.6. The fourth-order valence-electron chi connectivity index (χ4n) is 1.76. The van der Waals surface area contributed by atoms with Crippen LogP contribution in [0.25, 0.3) is 0 Å². The lowest BCUT2D eigenvalue weighted by Gasteiger charge is -2.21. The molecule has 0 aliphatic heterocycles. The summed E-state index contributed by atoms with van der Waals surface area (Å²) in [6.07, 6.45) is 3.59. The molecule has 93 valence electrons. The summed E-state index contributed by atoms with van der Waals surface area (Å²) in [7, 11) is 0. The Morgan fingerprint density at radius 3 is 2.47 bits per heavy atom. The first-order valence-electron chi connectivity index (χ1n) is 6.23. The van der Waals surface area contributed by atoms with Gasteiger partial charge in [-0.05, 0) is 18.6 Å². The standard InChI is InChI=1S/C14H20NO2/c1-2-3-5-10-14(17)15(11-12-16)13-8-6-4-7-9-13/h4,6-9H,2-3,5,10-12H2,1H3. The quantitative estimate of drug-likeness (QED) is 0.668. The van der Waals surface area contributed by atoms with Crippen LogP contribution in [0, 0.1) is 0 Å². The zero-order chi connectivity index (χ0) is 12.5. The number of carbonyl (C=O) groups is 1. The second kappa shape index (κ2) is 7.85. The summed E-state index contributed by atoms with van der Waals surface area (Å²) in [5.41, 5.74) is 0.824. The van der Waals surface area contributed by atoms with Gasteiger partial charge in [-0.15, -0.1) is 0 Å². The van der Waals surface area contributed by atoms with E-state index in [9.17, 15) is 9.90 Å². The van der Waals surface area contributed by atoms with Crippen molar-refractivity contribution in [2.75, 3.05) is 18.1 Å². The first-order valence-corrected chi connectivity index (χ1v) is 6.23. The molecule has 1 radical (unpaired) electrons. The van der Waals surface area contributed by atoms with Gasteiger partial charge in [0.15, 0.2) is 0 Å². The number of hydrogen-bond acceptors (Lipinski definition) is 1. The fraction of sp³-hybridized carbons (Fsp3) is 0.500. The van der Waals surface area contributed by atoms with Gasteiger partial charge in [0, 0.05) is 12.1 Å². The Hall–Kier alpha value is -1.35. The molecule has 0 unspecified atom stereocenters. The Morgan fingerprint density at radius 1 is 1.18 bits per heavy atom. The number of anilines is 1. The fourth-order valence-corrected chi connectivity index (χ4v) is 1.76. The zero-order valence-corrected chi connectivity index (χ0v) is 10.4. The molecule has 0 saturated carbocycles. The van der Waals surface area contributed by atoms with Crippen LogP contribution in [0.4, 0.5) is 5.69 Å². The van der Waals surface area contributed by atoms with Gasteiger partial charge in [0.2, 0.25) is 5.91 Å². The molecule has 0 aromatic heterocycles. The predicted molar refractivity (Wildman–Crippen MR) is 68.5 cm³/mol. The summed E-state index contributed by atoms with van der Waals surface area (Å²) >= 11 is 0. The number of hydrogen-bond donors (Lipinski definition) is 0. The van der Waals surface area contributed by atoms with Crippen LogP contribution in [0.1, 0.15) is 32.6 Å². The lowest BCUT2D eigenvalue weighted by atomic mass is 10.2. The molecule has 0 heterocycles. The molecule has 0 spiro atoms. The van der Waals surface area contributed by atoms with Crippen molar-refractivity contribution in [3.05, 3.63) is 30.3 Å². The van der Waals surface area contributed by atoms with Crippen molar-refractivity contribution >= 4 is 11.6 Å². The predicted octanol–water partition coefficient (Wildman–Crippen LogP) is 3.03. The Labute approximate surface area is 103 Å². The van der Waals surface area contributed by atoms with E-state index in [2.05, 4.69) is 6.92 Å². The third kappa shape index (κ3) is 4.57. The van der Waals surface area contributed by atoms with Crippen LogP contribution in [-0.2, 0) is 9.90 Å². The van der Waals surface area contributed by atoms with Crippen molar-refractivity contribution in [3.63, 3.8) is 0 Å². The highest BCUT2D eigenvalue weighted by Crippen LogP contribution is 2.15. The lowest BCUT2D eigenvalue weighted by Crippen LogP contribution is -2.33. The van der Waals surface area contributed by atoms with E-state index in [1.807, 2.05) is 30.3 Å². The van der Waals surface area contributed by atoms with Gasteiger partial charge < -0.3 is 4.90 Å². The summed E-state index contributed by atoms with van der Waals surface area (Å²) in [6.45, 7) is 2.11. The molecule has 1 amide bonds. The minimum absolute atomic E-state index is 0.0560. The molecule has 17 heavy (non-hydrogen) atoms. The highest BCUT2D eigenvalue weighted by molar-refractivity contribution is 5.93. The van der Waals surface area contributed by atoms with Crippen molar-refractivity contribution in [3.8, 4) is 0 Å². The molecular weight excluding hydrogens is 214 g/mol. The van der Waals surface area contributed by atoms with Crippen LogP contribution in [0.5, 0.6) is 0 Å².